The van der Waals surface area contributed by atoms with Crippen molar-refractivity contribution in [3.05, 3.63) is 58.4 Å². The maximum absolute atomic E-state index is 13.5. The minimum atomic E-state index is -2.25. The zero-order valence-electron chi connectivity index (χ0n) is 12.6. The Balaban J connectivity index is 0.000000970. The predicted molar refractivity (Wildman–Crippen MR) is 82.7 cm³/mol. The quantitative estimate of drug-likeness (QED) is 0.215. The van der Waals surface area contributed by atoms with Gasteiger partial charge in [0.15, 0.2) is 23.3 Å². The van der Waals surface area contributed by atoms with Gasteiger partial charge in [-0.3, -0.25) is 0 Å². The first-order valence-electron chi connectivity index (χ1n) is 6.62. The molecule has 134 valence electrons. The Hall–Kier alpha value is -1.15. The average molecular weight is 434 g/mol. The third kappa shape index (κ3) is 5.17. The fourth-order valence-electron chi connectivity index (χ4n) is 1.84. The number of rotatable bonds is 3. The molecule has 0 aliphatic heterocycles. The van der Waals surface area contributed by atoms with Crippen molar-refractivity contribution in [3.63, 3.8) is 0 Å². The molecule has 2 aromatic carbocycles. The van der Waals surface area contributed by atoms with Crippen LogP contribution >= 0.6 is 18.6 Å². The molecular weight excluding hydrogens is 424 g/mol. The van der Waals surface area contributed by atoms with Gasteiger partial charge in [0, 0.05) is 11.8 Å². The summed E-state index contributed by atoms with van der Waals surface area (Å²) in [4.78, 5) is 3.29. The van der Waals surface area contributed by atoms with Crippen molar-refractivity contribution >= 4 is 30.5 Å². The molecule has 0 spiro atoms. The van der Waals surface area contributed by atoms with Crippen molar-refractivity contribution in [3.8, 4) is 5.75 Å². The summed E-state index contributed by atoms with van der Waals surface area (Å²) in [6.07, 6.45) is 1.34. The molecule has 0 aliphatic carbocycles. The number of hydrogen-bond acceptors (Lipinski definition) is 2. The third-order valence-electron chi connectivity index (χ3n) is 3.05. The molecule has 0 heterocycles. The van der Waals surface area contributed by atoms with E-state index in [4.69, 9.17) is 18.6 Å². The second kappa shape index (κ2) is 10.1. The summed E-state index contributed by atoms with van der Waals surface area (Å²) in [5.41, 5.74) is -0.651. The van der Waals surface area contributed by atoms with E-state index >= 15 is 0 Å². The SMILES string of the molecule is CCc1cccc(C=Nc2c(F)c(F)c(F)c(F)c2F)c1O.[Cl][Ti][Cl]. The molecule has 2 aromatic rings. The Kier molecular flexibility index (Phi) is 8.86. The molecule has 0 unspecified atom stereocenters. The van der Waals surface area contributed by atoms with Gasteiger partial charge in [-0.1, -0.05) is 19.1 Å². The number of phenols is 1. The summed E-state index contributed by atoms with van der Waals surface area (Å²) >= 11 is -0.556. The summed E-state index contributed by atoms with van der Waals surface area (Å²) in [5, 5.41) is 9.87. The van der Waals surface area contributed by atoms with E-state index in [2.05, 4.69) is 4.99 Å². The van der Waals surface area contributed by atoms with Crippen LogP contribution in [0.2, 0.25) is 0 Å². The third-order valence-corrected chi connectivity index (χ3v) is 3.05. The Morgan fingerprint density at radius 2 is 1.48 bits per heavy atom. The van der Waals surface area contributed by atoms with Crippen molar-refractivity contribution in [2.45, 2.75) is 13.3 Å². The first kappa shape index (κ1) is 21.9. The van der Waals surface area contributed by atoms with Gasteiger partial charge >= 0.3 is 35.6 Å². The fraction of sp³-hybridized carbons (Fsp3) is 0.133. The minimum absolute atomic E-state index is 0.100. The molecule has 0 saturated heterocycles. The topological polar surface area (TPSA) is 32.6 Å². The van der Waals surface area contributed by atoms with E-state index in [0.717, 1.165) is 6.21 Å². The molecule has 10 heteroatoms. The Labute approximate surface area is 157 Å². The molecular formula is C15H10Cl2F5NOTi. The maximum atomic E-state index is 13.5. The summed E-state index contributed by atoms with van der Waals surface area (Å²) in [6.45, 7) is 1.78. The van der Waals surface area contributed by atoms with Gasteiger partial charge in [-0.15, -0.1) is 0 Å². The van der Waals surface area contributed by atoms with Crippen LogP contribution in [0.4, 0.5) is 27.6 Å². The molecule has 0 saturated carbocycles. The molecule has 0 fully saturated rings. The number of nitrogens with zero attached hydrogens (tertiary/aromatic N) is 1. The first-order valence-corrected chi connectivity index (χ1v) is 10.9. The molecule has 0 bridgehead atoms. The molecule has 0 amide bonds. The predicted octanol–water partition coefficient (Wildman–Crippen LogP) is 5.78. The van der Waals surface area contributed by atoms with Crippen LogP contribution in [0.3, 0.4) is 0 Å². The molecule has 1 N–H and O–H groups in total. The van der Waals surface area contributed by atoms with E-state index in [0.29, 0.717) is 12.0 Å². The van der Waals surface area contributed by atoms with Crippen molar-refractivity contribution in [1.82, 2.24) is 0 Å². The molecule has 0 atom stereocenters. The second-order valence-corrected chi connectivity index (χ2v) is 7.04. The van der Waals surface area contributed by atoms with Gasteiger partial charge in [0.05, 0.1) is 0 Å². The number of hydrogen-bond donors (Lipinski definition) is 1. The molecule has 0 radical (unpaired) electrons. The van der Waals surface area contributed by atoms with Gasteiger partial charge in [-0.25, -0.2) is 26.9 Å². The van der Waals surface area contributed by atoms with Crippen LogP contribution in [0.5, 0.6) is 5.75 Å². The van der Waals surface area contributed by atoms with Gasteiger partial charge in [0.2, 0.25) is 5.82 Å². The van der Waals surface area contributed by atoms with Gasteiger partial charge in [0.1, 0.15) is 11.4 Å². The number of aromatic hydroxyl groups is 1. The van der Waals surface area contributed by atoms with Crippen LogP contribution in [-0.2, 0) is 23.5 Å². The fourth-order valence-corrected chi connectivity index (χ4v) is 1.84. The second-order valence-electron chi connectivity index (χ2n) is 4.46. The van der Waals surface area contributed by atoms with Gasteiger partial charge < -0.3 is 5.11 Å². The molecule has 2 rings (SSSR count). The van der Waals surface area contributed by atoms with Crippen LogP contribution in [0, 0.1) is 29.1 Å². The molecule has 0 aromatic heterocycles. The van der Waals surface area contributed by atoms with Crippen molar-refractivity contribution in [1.29, 1.82) is 0 Å². The Morgan fingerprint density at radius 1 is 1.00 bits per heavy atom. The van der Waals surface area contributed by atoms with E-state index in [1.165, 1.54) is 6.07 Å². The van der Waals surface area contributed by atoms with Crippen LogP contribution in [0.25, 0.3) is 0 Å². The van der Waals surface area contributed by atoms with E-state index in [1.54, 1.807) is 19.1 Å². The van der Waals surface area contributed by atoms with E-state index in [-0.39, 0.29) is 11.3 Å². The summed E-state index contributed by atoms with van der Waals surface area (Å²) < 4.78 is 65.9. The first-order chi connectivity index (χ1) is 11.8. The zero-order chi connectivity index (χ0) is 19.1. The summed E-state index contributed by atoms with van der Waals surface area (Å²) in [7, 11) is 9.78. The van der Waals surface area contributed by atoms with Crippen LogP contribution in [-0.4, -0.2) is 11.3 Å². The van der Waals surface area contributed by atoms with Gasteiger partial charge in [-0.05, 0) is 18.1 Å². The van der Waals surface area contributed by atoms with Crippen LogP contribution < -0.4 is 0 Å². The van der Waals surface area contributed by atoms with Crippen molar-refractivity contribution in [2.24, 2.45) is 4.99 Å². The standard InChI is InChI=1S/C15H10F5NO.2ClH.Ti/c1-2-7-4-3-5-8(15(7)22)6-21-14-12(19)10(17)9(16)11(18)13(14)20;;;/h3-6,22H,2H2,1H3;2*1H;/q;;;+2/p-2. The molecule has 25 heavy (non-hydrogen) atoms. The number of halogens is 7. The van der Waals surface area contributed by atoms with E-state index in [1.807, 2.05) is 0 Å². The number of para-hydroxylation sites is 1. The van der Waals surface area contributed by atoms with Crippen LogP contribution in [0.1, 0.15) is 18.1 Å². The van der Waals surface area contributed by atoms with E-state index in [9.17, 15) is 27.1 Å². The number of benzene rings is 2. The van der Waals surface area contributed by atoms with Crippen LogP contribution in [0.15, 0.2) is 23.2 Å². The Morgan fingerprint density at radius 3 is 1.96 bits per heavy atom. The summed E-state index contributed by atoms with van der Waals surface area (Å²) in [5.74, 6) is -10.6. The van der Waals surface area contributed by atoms with Gasteiger partial charge in [0.25, 0.3) is 0 Å². The normalized spacial score (nSPS) is 10.6. The number of aliphatic imine (C=N–C) groups is 1. The molecule has 0 aliphatic rings. The summed E-state index contributed by atoms with van der Waals surface area (Å²) in [6, 6.07) is 4.59. The van der Waals surface area contributed by atoms with E-state index < -0.39 is 51.8 Å². The van der Waals surface area contributed by atoms with Gasteiger partial charge in [-0.2, -0.15) is 0 Å². The van der Waals surface area contributed by atoms with Crippen molar-refractivity contribution in [2.75, 3.05) is 0 Å². The number of aryl methyl sites for hydroxylation is 1. The van der Waals surface area contributed by atoms with Crippen molar-refractivity contribution < 1.29 is 44.1 Å². The Bertz CT molecular complexity index is 760. The zero-order valence-corrected chi connectivity index (χ0v) is 15.6. The monoisotopic (exact) mass is 433 g/mol. The number of phenolic OH excluding ortho intramolecular Hbond substituents is 1. The average Bonchev–Trinajstić information content (AvgIpc) is 2.60. The molecule has 2 nitrogen and oxygen atoms in total.